The van der Waals surface area contributed by atoms with Crippen LogP contribution in [0.15, 0.2) is 329 Å². The first-order chi connectivity index (χ1) is 50.9. The zero-order valence-electron chi connectivity index (χ0n) is 57.4. The smallest absolute Gasteiger partial charge is 0.456 e. The van der Waals surface area contributed by atoms with Crippen molar-refractivity contribution in [2.45, 2.75) is 46.3 Å². The number of furan rings is 2. The molecule has 0 aliphatic carbocycles. The Morgan fingerprint density at radius 3 is 1.10 bits per heavy atom. The van der Waals surface area contributed by atoms with Gasteiger partial charge in [-0.25, -0.2) is 9.97 Å². The number of benzene rings is 16. The van der Waals surface area contributed by atoms with Gasteiger partial charge in [0.15, 0.2) is 0 Å². The van der Waals surface area contributed by atoms with E-state index in [9.17, 15) is 0 Å². The summed E-state index contributed by atoms with van der Waals surface area (Å²) in [6.45, 7) is 8.27. The molecule has 1 saturated heterocycles. The van der Waals surface area contributed by atoms with E-state index in [1.54, 1.807) is 0 Å². The molecule has 0 unspecified atom stereocenters. The fourth-order valence-electron chi connectivity index (χ4n) is 15.1. The van der Waals surface area contributed by atoms with Crippen molar-refractivity contribution in [2.24, 2.45) is 0 Å². The van der Waals surface area contributed by atoms with Crippen molar-refractivity contribution in [3.05, 3.63) is 320 Å². The van der Waals surface area contributed by atoms with Gasteiger partial charge in [-0.2, -0.15) is 0 Å². The van der Waals surface area contributed by atoms with Crippen LogP contribution in [0.2, 0.25) is 0 Å². The molecule has 1 fully saturated rings. The second kappa shape index (κ2) is 26.0. The molecule has 10 heteroatoms. The average Bonchev–Trinajstić information content (AvgIpc) is 1.66. The van der Waals surface area contributed by atoms with E-state index in [0.29, 0.717) is 0 Å². The quantitative estimate of drug-likeness (QED) is 0.120. The molecule has 1 aliphatic rings. The molecular weight excluding hydrogens is 1350 g/mol. The lowest BCUT2D eigenvalue weighted by molar-refractivity contribution is 0.00578. The number of para-hydroxylation sites is 2. The average molecular weight is 1420 g/mol. The van der Waals surface area contributed by atoms with Crippen molar-refractivity contribution in [1.82, 2.24) is 19.9 Å². The van der Waals surface area contributed by atoms with Crippen molar-refractivity contribution in [3.63, 3.8) is 0 Å². The molecule has 0 bridgehead atoms. The number of rotatable bonds is 6. The topological polar surface area (TPSA) is 96.3 Å². The molecule has 0 amide bonds. The van der Waals surface area contributed by atoms with Gasteiger partial charge in [0.05, 0.1) is 57.1 Å². The van der Waals surface area contributed by atoms with Crippen LogP contribution in [-0.4, -0.2) is 38.3 Å². The molecule has 105 heavy (non-hydrogen) atoms. The lowest BCUT2D eigenvalue weighted by atomic mass is 9.78. The maximum atomic E-state index is 6.55. The third-order valence-electron chi connectivity index (χ3n) is 21.1. The van der Waals surface area contributed by atoms with Crippen LogP contribution in [0.4, 0.5) is 0 Å². The second-order valence-electron chi connectivity index (χ2n) is 27.9. The highest BCUT2D eigenvalue weighted by molar-refractivity contribution is 9.10. The van der Waals surface area contributed by atoms with E-state index in [1.165, 1.54) is 48.7 Å². The van der Waals surface area contributed by atoms with E-state index >= 15 is 0 Å². The van der Waals surface area contributed by atoms with E-state index < -0.39 is 7.12 Å². The van der Waals surface area contributed by atoms with Gasteiger partial charge in [-0.05, 0) is 153 Å². The molecule has 4 aromatic heterocycles. The normalized spacial score (nSPS) is 13.4. The number of aromatic nitrogens is 4. The maximum absolute atomic E-state index is 6.55. The van der Waals surface area contributed by atoms with Gasteiger partial charge in [0.2, 0.25) is 0 Å². The van der Waals surface area contributed by atoms with Crippen LogP contribution in [0.5, 0.6) is 0 Å². The van der Waals surface area contributed by atoms with E-state index in [2.05, 4.69) is 323 Å². The van der Waals surface area contributed by atoms with Crippen LogP contribution in [0.1, 0.15) is 35.1 Å². The van der Waals surface area contributed by atoms with Crippen molar-refractivity contribution in [2.75, 3.05) is 0 Å². The van der Waals surface area contributed by atoms with Gasteiger partial charge >= 0.3 is 7.12 Å². The monoisotopic (exact) mass is 1420 g/mol. The summed E-state index contributed by atoms with van der Waals surface area (Å²) in [5, 5.41) is 18.6. The molecule has 16 aromatic carbocycles. The Bertz CT molecular complexity index is 6790. The van der Waals surface area contributed by atoms with Gasteiger partial charge in [-0.1, -0.05) is 272 Å². The molecule has 20 aromatic rings. The predicted octanol–water partition coefficient (Wildman–Crippen LogP) is 25.7. The lowest BCUT2D eigenvalue weighted by Crippen LogP contribution is -2.41. The third-order valence-corrected chi connectivity index (χ3v) is 21.6. The molecule has 0 N–H and O–H groups in total. The van der Waals surface area contributed by atoms with E-state index in [1.807, 2.05) is 36.7 Å². The van der Waals surface area contributed by atoms with Crippen LogP contribution in [-0.2, 0) is 9.31 Å². The summed E-state index contributed by atoms with van der Waals surface area (Å²) in [7, 11) is -0.432. The minimum atomic E-state index is -0.432. The molecule has 0 radical (unpaired) electrons. The first-order valence-corrected chi connectivity index (χ1v) is 35.9. The molecule has 0 spiro atoms. The van der Waals surface area contributed by atoms with Gasteiger partial charge < -0.3 is 18.1 Å². The highest BCUT2D eigenvalue weighted by Gasteiger charge is 2.52. The van der Waals surface area contributed by atoms with Crippen molar-refractivity contribution in [3.8, 4) is 55.9 Å². The van der Waals surface area contributed by atoms with Crippen LogP contribution in [0.25, 0.3) is 186 Å². The van der Waals surface area contributed by atoms with Gasteiger partial charge in [0, 0.05) is 69.7 Å². The standard InChI is InChI=1S/C44H26N2O.C28H17BrN2.C22H21BO3.CH4/c1-2-11-30-25-41-39(24-29(30)10-1)38-21-9-20-33(44(38)47-41)31-14-7-12-27(22-31)28-13-8-15-32(23-28)40-26-45-42-36-18-5-3-16-34(36)35-17-4-6-19-37(35)43(42)46-40;29-21-10-6-8-19(16-21)18-7-5-9-20(15-18)26-17-30-27-24-13-3-1-11-22(24)23-12-2-4-14-25(23)28(27)31-26;1-21(2)22(3,4)26-23(25-21)18-11-7-10-16-17-12-14-8-5-6-9-15(14)13-19(17)24-20(16)18;/h1-26H;1-17H;5-13H,1-4H3;1H4. The molecule has 0 atom stereocenters. The van der Waals surface area contributed by atoms with Crippen LogP contribution >= 0.6 is 15.9 Å². The number of hydrogen-bond acceptors (Lipinski definition) is 8. The Kier molecular flexibility index (Phi) is 16.0. The molecule has 1 aliphatic heterocycles. The Morgan fingerprint density at radius 1 is 0.295 bits per heavy atom. The highest BCUT2D eigenvalue weighted by atomic mass is 79.9. The zero-order chi connectivity index (χ0) is 69.8. The Balaban J connectivity index is 0.000000118. The Hall–Kier alpha value is -12.2. The fraction of sp³-hybridized carbons (Fsp3) is 0.0737. The Labute approximate surface area is 615 Å². The highest BCUT2D eigenvalue weighted by Crippen LogP contribution is 2.43. The number of halogens is 1. The molecule has 5 heterocycles. The van der Waals surface area contributed by atoms with Gasteiger partial charge in [0.1, 0.15) is 22.3 Å². The number of fused-ring (bicyclic) bond motifs is 20. The van der Waals surface area contributed by atoms with Gasteiger partial charge in [-0.15, -0.1) is 0 Å². The van der Waals surface area contributed by atoms with Crippen molar-refractivity contribution >= 4 is 159 Å². The molecular formula is C95H68BBrN4O4. The van der Waals surface area contributed by atoms with Crippen molar-refractivity contribution in [1.29, 1.82) is 0 Å². The summed E-state index contributed by atoms with van der Waals surface area (Å²) in [5.41, 5.74) is 18.1. The first kappa shape index (κ1) is 64.9. The van der Waals surface area contributed by atoms with Crippen LogP contribution < -0.4 is 5.46 Å². The first-order valence-electron chi connectivity index (χ1n) is 35.2. The predicted molar refractivity (Wildman–Crippen MR) is 442 cm³/mol. The third kappa shape index (κ3) is 11.4. The lowest BCUT2D eigenvalue weighted by Gasteiger charge is -2.32. The summed E-state index contributed by atoms with van der Waals surface area (Å²) in [5.74, 6) is 0. The maximum Gasteiger partial charge on any atom is 0.498 e. The molecule has 0 saturated carbocycles. The fourth-order valence-corrected chi connectivity index (χ4v) is 15.5. The SMILES string of the molecule is Brc1cccc(-c2cccc(-c3cnc4c5ccccc5c5ccccc5c4n3)c2)c1.C.CC1(C)OB(c2cccc3c2oc2cc4ccccc4cc23)OC1(C)C.c1cc(-c2cccc(-c3cccc4c3oc3cc5ccccc5cc34)c2)cc(-c2cnc3c4ccccc4c4ccccc4c3n2)c1. The zero-order valence-corrected chi connectivity index (χ0v) is 59.0. The summed E-state index contributed by atoms with van der Waals surface area (Å²) < 4.78 is 26.4. The van der Waals surface area contributed by atoms with Gasteiger partial charge in [-0.3, -0.25) is 9.97 Å². The van der Waals surface area contributed by atoms with Crippen molar-refractivity contribution < 1.29 is 18.1 Å². The van der Waals surface area contributed by atoms with Crippen LogP contribution in [0, 0.1) is 0 Å². The van der Waals surface area contributed by atoms with E-state index in [4.69, 9.17) is 38.1 Å². The van der Waals surface area contributed by atoms with Gasteiger partial charge in [0.25, 0.3) is 0 Å². The Morgan fingerprint density at radius 2 is 0.638 bits per heavy atom. The van der Waals surface area contributed by atoms with E-state index in [0.717, 1.165) is 148 Å². The summed E-state index contributed by atoms with van der Waals surface area (Å²) in [6, 6.07) is 106. The summed E-state index contributed by atoms with van der Waals surface area (Å²) in [6.07, 6.45) is 3.80. The molecule has 21 rings (SSSR count). The largest absolute Gasteiger partial charge is 0.498 e. The number of nitrogens with zero attached hydrogens (tertiary/aromatic N) is 4. The molecule has 502 valence electrons. The number of hydrogen-bond donors (Lipinski definition) is 0. The van der Waals surface area contributed by atoms with E-state index in [-0.39, 0.29) is 18.6 Å². The summed E-state index contributed by atoms with van der Waals surface area (Å²) >= 11 is 3.57. The minimum Gasteiger partial charge on any atom is -0.456 e. The van der Waals surface area contributed by atoms with Crippen LogP contribution in [0.3, 0.4) is 0 Å². The summed E-state index contributed by atoms with van der Waals surface area (Å²) in [4.78, 5) is 20.2. The molecule has 8 nitrogen and oxygen atoms in total. The minimum absolute atomic E-state index is 0. The second-order valence-corrected chi connectivity index (χ2v) is 28.8.